The number of carbonyl (C=O) groups is 2. The van der Waals surface area contributed by atoms with E-state index in [4.69, 9.17) is 4.84 Å². The first-order valence-electron chi connectivity index (χ1n) is 15.7. The smallest absolute Gasteiger partial charge is 0.315 e. The minimum atomic E-state index is -0.849. The van der Waals surface area contributed by atoms with Gasteiger partial charge in [0, 0.05) is 24.1 Å². The number of hydrogen-bond acceptors (Lipinski definition) is 6. The topological polar surface area (TPSA) is 123 Å². The van der Waals surface area contributed by atoms with Crippen molar-refractivity contribution in [3.05, 3.63) is 71.3 Å². The molecule has 236 valence electrons. The van der Waals surface area contributed by atoms with Crippen LogP contribution in [0.25, 0.3) is 0 Å². The number of nitrogens with one attached hydrogen (secondary N) is 3. The number of hydrogen-bond donors (Lipinski definition) is 5. The third kappa shape index (κ3) is 6.94. The fraction of sp³-hybridized carbons (Fsp3) is 0.543. The Balaban J connectivity index is 1.21. The van der Waals surface area contributed by atoms with Crippen LogP contribution >= 0.6 is 0 Å². The Hall–Kier alpha value is -3.42. The second-order valence-corrected chi connectivity index (χ2v) is 13.3. The van der Waals surface area contributed by atoms with Crippen molar-refractivity contribution < 1.29 is 24.6 Å². The van der Waals surface area contributed by atoms with Gasteiger partial charge in [-0.25, -0.2) is 4.79 Å². The Morgan fingerprint density at radius 2 is 1.84 bits per heavy atom. The summed E-state index contributed by atoms with van der Waals surface area (Å²) in [7, 11) is 0. The van der Waals surface area contributed by atoms with Crippen molar-refractivity contribution in [1.29, 1.82) is 0 Å². The van der Waals surface area contributed by atoms with Gasteiger partial charge < -0.3 is 26.2 Å². The van der Waals surface area contributed by atoms with Crippen molar-refractivity contribution in [2.24, 2.45) is 29.1 Å². The Morgan fingerprint density at radius 3 is 2.52 bits per heavy atom. The maximum absolute atomic E-state index is 13.9. The Bertz CT molecular complexity index is 1370. The zero-order valence-electron chi connectivity index (χ0n) is 26.1. The van der Waals surface area contributed by atoms with Gasteiger partial charge in [0.05, 0.1) is 25.8 Å². The van der Waals surface area contributed by atoms with Crippen molar-refractivity contribution in [2.45, 2.75) is 77.9 Å². The molecule has 4 fully saturated rings. The zero-order chi connectivity index (χ0) is 31.4. The number of benzene rings is 2. The van der Waals surface area contributed by atoms with Gasteiger partial charge in [-0.1, -0.05) is 75.1 Å². The molecule has 8 atom stereocenters. The van der Waals surface area contributed by atoms with Crippen LogP contribution in [-0.4, -0.2) is 64.7 Å². The van der Waals surface area contributed by atoms with Gasteiger partial charge in [0.15, 0.2) is 0 Å². The van der Waals surface area contributed by atoms with Crippen LogP contribution in [0.3, 0.4) is 0 Å². The Kier molecular flexibility index (Phi) is 9.96. The second kappa shape index (κ2) is 13.7. The highest BCUT2D eigenvalue weighted by Crippen LogP contribution is 2.61. The van der Waals surface area contributed by atoms with Crippen molar-refractivity contribution in [3.63, 3.8) is 0 Å². The molecule has 0 spiro atoms. The Morgan fingerprint density at radius 1 is 1.09 bits per heavy atom. The molecular formula is C35H46N4O5. The monoisotopic (exact) mass is 602 g/mol. The SMILES string of the molecule is C[C@H](O)[C@@H]1[C@H](CO)ON(Cc2cccc(C#CCNC(=O)NCc3ccccc3)c2)[C@@H]1C(=O)N[C@H]1CC2CC([C@H]1C)C2(C)C. The molecule has 0 aromatic heterocycles. The zero-order valence-corrected chi connectivity index (χ0v) is 26.1. The molecule has 6 rings (SSSR count). The van der Waals surface area contributed by atoms with Crippen molar-refractivity contribution in [2.75, 3.05) is 13.2 Å². The minimum Gasteiger partial charge on any atom is -0.394 e. The summed E-state index contributed by atoms with van der Waals surface area (Å²) in [4.78, 5) is 32.0. The summed E-state index contributed by atoms with van der Waals surface area (Å²) in [6.07, 6.45) is 0.637. The van der Waals surface area contributed by atoms with Crippen molar-refractivity contribution in [3.8, 4) is 11.8 Å². The first-order chi connectivity index (χ1) is 21.1. The van der Waals surface area contributed by atoms with Gasteiger partial charge in [-0.2, -0.15) is 5.06 Å². The molecule has 0 radical (unpaired) electrons. The highest BCUT2D eigenvalue weighted by Gasteiger charge is 2.57. The third-order valence-electron chi connectivity index (χ3n) is 10.2. The van der Waals surface area contributed by atoms with Crippen LogP contribution in [0.5, 0.6) is 0 Å². The van der Waals surface area contributed by atoms with E-state index in [-0.39, 0.29) is 37.7 Å². The molecule has 44 heavy (non-hydrogen) atoms. The summed E-state index contributed by atoms with van der Waals surface area (Å²) in [6.45, 7) is 9.16. The molecule has 1 heterocycles. The maximum atomic E-state index is 13.9. The molecule has 2 aromatic rings. The van der Waals surface area contributed by atoms with E-state index in [0.29, 0.717) is 29.7 Å². The molecule has 2 bridgehead atoms. The lowest BCUT2D eigenvalue weighted by molar-refractivity contribution is -0.183. The summed E-state index contributed by atoms with van der Waals surface area (Å²) in [5, 5.41) is 31.2. The largest absolute Gasteiger partial charge is 0.394 e. The summed E-state index contributed by atoms with van der Waals surface area (Å²) in [5.41, 5.74) is 2.96. The fourth-order valence-electron chi connectivity index (χ4n) is 7.52. The van der Waals surface area contributed by atoms with Gasteiger partial charge in [-0.15, -0.1) is 0 Å². The summed E-state index contributed by atoms with van der Waals surface area (Å²) in [5.74, 6) is 6.87. The van der Waals surface area contributed by atoms with Gasteiger partial charge >= 0.3 is 6.03 Å². The van der Waals surface area contributed by atoms with Crippen LogP contribution < -0.4 is 16.0 Å². The molecular weight excluding hydrogens is 556 g/mol. The number of carbonyl (C=O) groups excluding carboxylic acids is 2. The van der Waals surface area contributed by atoms with E-state index in [1.54, 1.807) is 12.0 Å². The molecule has 4 aliphatic rings. The predicted octanol–water partition coefficient (Wildman–Crippen LogP) is 3.20. The van der Waals surface area contributed by atoms with Gasteiger partial charge in [0.25, 0.3) is 0 Å². The molecule has 9 heteroatoms. The molecule has 1 saturated heterocycles. The molecule has 1 aliphatic heterocycles. The van der Waals surface area contributed by atoms with Crippen molar-refractivity contribution in [1.82, 2.24) is 21.0 Å². The average Bonchev–Trinajstić information content (AvgIpc) is 3.38. The molecule has 9 nitrogen and oxygen atoms in total. The first-order valence-corrected chi connectivity index (χ1v) is 15.7. The third-order valence-corrected chi connectivity index (χ3v) is 10.2. The van der Waals surface area contributed by atoms with Gasteiger partial charge in [0.1, 0.15) is 12.1 Å². The predicted molar refractivity (Wildman–Crippen MR) is 168 cm³/mol. The lowest BCUT2D eigenvalue weighted by Crippen LogP contribution is -2.62. The van der Waals surface area contributed by atoms with E-state index in [0.717, 1.165) is 23.1 Å². The van der Waals surface area contributed by atoms with Gasteiger partial charge in [0.2, 0.25) is 5.91 Å². The number of hydroxylamine groups is 2. The number of urea groups is 1. The number of nitrogens with zero attached hydrogens (tertiary/aromatic N) is 1. The number of aliphatic hydroxyl groups is 2. The maximum Gasteiger partial charge on any atom is 0.315 e. The highest BCUT2D eigenvalue weighted by atomic mass is 16.7. The summed E-state index contributed by atoms with van der Waals surface area (Å²) < 4.78 is 0. The summed E-state index contributed by atoms with van der Waals surface area (Å²) in [6, 6.07) is 16.3. The van der Waals surface area contributed by atoms with E-state index in [9.17, 15) is 19.8 Å². The van der Waals surface area contributed by atoms with Crippen molar-refractivity contribution >= 4 is 11.9 Å². The molecule has 3 saturated carbocycles. The second-order valence-electron chi connectivity index (χ2n) is 13.3. The van der Waals surface area contributed by atoms with Gasteiger partial charge in [-0.05, 0) is 66.2 Å². The molecule has 5 N–H and O–H groups in total. The molecule has 2 unspecified atom stereocenters. The average molecular weight is 603 g/mol. The van der Waals surface area contributed by atoms with E-state index in [2.05, 4.69) is 48.6 Å². The van der Waals surface area contributed by atoms with Crippen LogP contribution in [0.1, 0.15) is 57.2 Å². The molecule has 2 aromatic carbocycles. The minimum absolute atomic E-state index is 0.0802. The highest BCUT2D eigenvalue weighted by molar-refractivity contribution is 5.83. The summed E-state index contributed by atoms with van der Waals surface area (Å²) >= 11 is 0. The van der Waals surface area contributed by atoms with E-state index in [1.807, 2.05) is 54.6 Å². The number of fused-ring (bicyclic) bond motifs is 2. The standard InChI is InChI=1S/C35H46N4O5/c1-22-28-17-27(35(28,3)4)18-29(22)38-33(42)32-31(23(2)41)30(21-40)44-39(32)20-26-13-8-12-24(16-26)14-9-15-36-34(43)37-19-25-10-6-5-7-11-25/h5-8,10-13,16,22-23,27-32,40-41H,15,17-21H2,1-4H3,(H,38,42)(H2,36,37,43)/t22-,23+,27?,28?,29+,30+,31-,32+/m1/s1. The fourth-order valence-corrected chi connectivity index (χ4v) is 7.52. The lowest BCUT2D eigenvalue weighted by atomic mass is 9.45. The quantitative estimate of drug-likeness (QED) is 0.281. The molecule has 3 aliphatic carbocycles. The van der Waals surface area contributed by atoms with Crippen LogP contribution in [-0.2, 0) is 22.7 Å². The number of aliphatic hydroxyl groups excluding tert-OH is 2. The first kappa shape index (κ1) is 32.0. The van der Waals surface area contributed by atoms with Crippen LogP contribution in [0, 0.1) is 40.9 Å². The van der Waals surface area contributed by atoms with E-state index >= 15 is 0 Å². The van der Waals surface area contributed by atoms with E-state index < -0.39 is 24.2 Å². The Labute approximate surface area is 260 Å². The van der Waals surface area contributed by atoms with Crippen LogP contribution in [0.2, 0.25) is 0 Å². The lowest BCUT2D eigenvalue weighted by Gasteiger charge is -2.62. The number of amides is 3. The normalized spacial score (nSPS) is 29.5. The van der Waals surface area contributed by atoms with Gasteiger partial charge in [-0.3, -0.25) is 9.63 Å². The van der Waals surface area contributed by atoms with Crippen LogP contribution in [0.4, 0.5) is 4.79 Å². The van der Waals surface area contributed by atoms with Crippen LogP contribution in [0.15, 0.2) is 54.6 Å². The number of rotatable bonds is 9. The van der Waals surface area contributed by atoms with E-state index in [1.165, 1.54) is 6.42 Å². The molecule has 3 amide bonds.